The van der Waals surface area contributed by atoms with Crippen LogP contribution in [-0.4, -0.2) is 29.8 Å². The first-order valence-corrected chi connectivity index (χ1v) is 12.1. The van der Waals surface area contributed by atoms with Gasteiger partial charge in [0.1, 0.15) is 6.04 Å². The summed E-state index contributed by atoms with van der Waals surface area (Å²) in [7, 11) is 1.63. The normalized spacial score (nSPS) is 11.7. The number of benzene rings is 4. The second-order valence-corrected chi connectivity index (χ2v) is 8.97. The molecular weight excluding hydrogens is 432 g/mol. The van der Waals surface area contributed by atoms with Gasteiger partial charge in [-0.1, -0.05) is 103 Å². The number of nitrogens with one attached hydrogen (secondary N) is 1. The predicted octanol–water partition coefficient (Wildman–Crippen LogP) is 5.47. The predicted molar refractivity (Wildman–Crippen MR) is 142 cm³/mol. The van der Waals surface area contributed by atoms with E-state index in [0.717, 1.165) is 22.3 Å². The Kier molecular flexibility index (Phi) is 7.94. The first-order chi connectivity index (χ1) is 17.0. The summed E-state index contributed by atoms with van der Waals surface area (Å²) in [5.74, 6) is -0.178. The number of aryl methyl sites for hydroxylation is 2. The van der Waals surface area contributed by atoms with E-state index in [0.29, 0.717) is 25.8 Å². The first kappa shape index (κ1) is 24.2. The molecule has 4 nitrogen and oxygen atoms in total. The molecule has 0 fully saturated rings. The summed E-state index contributed by atoms with van der Waals surface area (Å²) < 4.78 is 0. The minimum atomic E-state index is -0.594. The van der Waals surface area contributed by atoms with E-state index in [-0.39, 0.29) is 11.8 Å². The van der Waals surface area contributed by atoms with Crippen molar-refractivity contribution in [2.45, 2.75) is 38.8 Å². The van der Waals surface area contributed by atoms with Gasteiger partial charge < -0.3 is 10.2 Å². The highest BCUT2D eigenvalue weighted by Gasteiger charge is 2.29. The quantitative estimate of drug-likeness (QED) is 0.357. The summed E-state index contributed by atoms with van der Waals surface area (Å²) in [4.78, 5) is 28.5. The summed E-state index contributed by atoms with van der Waals surface area (Å²) >= 11 is 0. The van der Waals surface area contributed by atoms with Gasteiger partial charge in [-0.3, -0.25) is 9.59 Å². The Morgan fingerprint density at radius 3 is 2.23 bits per heavy atom. The van der Waals surface area contributed by atoms with Crippen LogP contribution in [0.25, 0.3) is 10.8 Å². The van der Waals surface area contributed by atoms with Crippen molar-refractivity contribution in [2.24, 2.45) is 0 Å². The van der Waals surface area contributed by atoms with Gasteiger partial charge in [0.2, 0.25) is 11.8 Å². The molecule has 4 rings (SSSR count). The monoisotopic (exact) mass is 464 g/mol. The average molecular weight is 465 g/mol. The van der Waals surface area contributed by atoms with Crippen molar-refractivity contribution < 1.29 is 9.59 Å². The lowest BCUT2D eigenvalue weighted by Gasteiger charge is -2.31. The van der Waals surface area contributed by atoms with Crippen molar-refractivity contribution >= 4 is 22.6 Å². The maximum Gasteiger partial charge on any atom is 0.242 e. The molecular formula is C31H32N2O2. The molecule has 4 aromatic rings. The van der Waals surface area contributed by atoms with Crippen LogP contribution in [0.15, 0.2) is 97.1 Å². The van der Waals surface area contributed by atoms with Gasteiger partial charge in [-0.25, -0.2) is 0 Å². The largest absolute Gasteiger partial charge is 0.357 e. The second kappa shape index (κ2) is 11.5. The van der Waals surface area contributed by atoms with E-state index in [1.54, 1.807) is 11.9 Å². The van der Waals surface area contributed by atoms with E-state index in [4.69, 9.17) is 0 Å². The number of carbonyl (C=O) groups is 2. The Labute approximate surface area is 207 Å². The zero-order valence-electron chi connectivity index (χ0n) is 20.4. The molecule has 2 amide bonds. The van der Waals surface area contributed by atoms with E-state index in [1.807, 2.05) is 79.7 Å². The van der Waals surface area contributed by atoms with Crippen molar-refractivity contribution in [1.82, 2.24) is 10.2 Å². The maximum absolute atomic E-state index is 13.7. The number of amides is 2. The minimum absolute atomic E-state index is 0.0250. The van der Waals surface area contributed by atoms with Crippen LogP contribution in [0.4, 0.5) is 0 Å². The summed E-state index contributed by atoms with van der Waals surface area (Å²) in [6, 6.07) is 31.9. The van der Waals surface area contributed by atoms with Crippen molar-refractivity contribution in [3.05, 3.63) is 119 Å². The molecule has 0 radical (unpaired) electrons. The zero-order valence-corrected chi connectivity index (χ0v) is 20.4. The Bertz CT molecular complexity index is 1280. The third-order valence-corrected chi connectivity index (χ3v) is 6.48. The number of rotatable bonds is 9. The van der Waals surface area contributed by atoms with E-state index in [1.165, 1.54) is 10.8 Å². The summed E-state index contributed by atoms with van der Waals surface area (Å²) in [5, 5.41) is 5.12. The Morgan fingerprint density at radius 2 is 1.49 bits per heavy atom. The van der Waals surface area contributed by atoms with Crippen LogP contribution in [0.5, 0.6) is 0 Å². The van der Waals surface area contributed by atoms with Crippen LogP contribution in [0.2, 0.25) is 0 Å². The summed E-state index contributed by atoms with van der Waals surface area (Å²) in [5.41, 5.74) is 4.34. The van der Waals surface area contributed by atoms with Crippen LogP contribution in [-0.2, 0) is 29.0 Å². The molecule has 35 heavy (non-hydrogen) atoms. The molecule has 0 aromatic heterocycles. The van der Waals surface area contributed by atoms with Crippen LogP contribution < -0.4 is 5.32 Å². The van der Waals surface area contributed by atoms with Crippen LogP contribution in [0, 0.1) is 6.92 Å². The third-order valence-electron chi connectivity index (χ3n) is 6.48. The molecule has 0 bridgehead atoms. The molecule has 1 atom stereocenters. The van der Waals surface area contributed by atoms with Crippen LogP contribution in [0.3, 0.4) is 0 Å². The average Bonchev–Trinajstić information content (AvgIpc) is 2.90. The van der Waals surface area contributed by atoms with Gasteiger partial charge in [0, 0.05) is 26.4 Å². The van der Waals surface area contributed by atoms with Gasteiger partial charge in [-0.15, -0.1) is 0 Å². The first-order valence-electron chi connectivity index (χ1n) is 12.1. The van der Waals surface area contributed by atoms with E-state index < -0.39 is 6.04 Å². The fraction of sp³-hybridized carbons (Fsp3) is 0.226. The third kappa shape index (κ3) is 6.15. The number of fused-ring (bicyclic) bond motifs is 1. The SMILES string of the molecule is CNC(=O)C(Cc1ccccc1)N(Cc1ccc(C)cc1)C(=O)CCc1cccc2ccccc12. The zero-order chi connectivity index (χ0) is 24.6. The van der Waals surface area contributed by atoms with Crippen molar-refractivity contribution in [3.8, 4) is 0 Å². The number of hydrogen-bond donors (Lipinski definition) is 1. The second-order valence-electron chi connectivity index (χ2n) is 8.97. The Balaban J connectivity index is 1.61. The molecule has 1 N–H and O–H groups in total. The maximum atomic E-state index is 13.7. The molecule has 4 aromatic carbocycles. The molecule has 0 saturated heterocycles. The number of hydrogen-bond acceptors (Lipinski definition) is 2. The topological polar surface area (TPSA) is 49.4 Å². The standard InChI is InChI=1S/C31H32N2O2/c1-23-15-17-25(18-16-23)22-33(29(31(35)32-2)21-24-9-4-3-5-10-24)30(34)20-19-27-13-8-12-26-11-6-7-14-28(26)27/h3-18,29H,19-22H2,1-2H3,(H,32,35). The molecule has 178 valence electrons. The number of likely N-dealkylation sites (N-methyl/N-ethyl adjacent to an activating group) is 1. The lowest BCUT2D eigenvalue weighted by atomic mass is 9.99. The fourth-order valence-corrected chi connectivity index (χ4v) is 4.51. The van der Waals surface area contributed by atoms with Gasteiger partial charge in [0.15, 0.2) is 0 Å². The Hall–Kier alpha value is -3.92. The Morgan fingerprint density at radius 1 is 0.800 bits per heavy atom. The fourth-order valence-electron chi connectivity index (χ4n) is 4.51. The highest BCUT2D eigenvalue weighted by atomic mass is 16.2. The molecule has 0 saturated carbocycles. The molecule has 0 heterocycles. The van der Waals surface area contributed by atoms with Gasteiger partial charge >= 0.3 is 0 Å². The molecule has 4 heteroatoms. The molecule has 0 aliphatic rings. The smallest absolute Gasteiger partial charge is 0.242 e. The molecule has 0 aliphatic heterocycles. The summed E-state index contributed by atoms with van der Waals surface area (Å²) in [6.07, 6.45) is 1.42. The molecule has 1 unspecified atom stereocenters. The summed E-state index contributed by atoms with van der Waals surface area (Å²) in [6.45, 7) is 2.43. The van der Waals surface area contributed by atoms with Gasteiger partial charge in [0.25, 0.3) is 0 Å². The van der Waals surface area contributed by atoms with Crippen LogP contribution in [0.1, 0.15) is 28.7 Å². The highest BCUT2D eigenvalue weighted by molar-refractivity contribution is 5.89. The number of nitrogens with zero attached hydrogens (tertiary/aromatic N) is 1. The highest BCUT2D eigenvalue weighted by Crippen LogP contribution is 2.22. The lowest BCUT2D eigenvalue weighted by Crippen LogP contribution is -2.49. The van der Waals surface area contributed by atoms with Crippen molar-refractivity contribution in [2.75, 3.05) is 7.05 Å². The van der Waals surface area contributed by atoms with Crippen molar-refractivity contribution in [3.63, 3.8) is 0 Å². The van der Waals surface area contributed by atoms with Crippen molar-refractivity contribution in [1.29, 1.82) is 0 Å². The molecule has 0 spiro atoms. The van der Waals surface area contributed by atoms with Crippen LogP contribution >= 0.6 is 0 Å². The van der Waals surface area contributed by atoms with Gasteiger partial charge in [-0.2, -0.15) is 0 Å². The minimum Gasteiger partial charge on any atom is -0.357 e. The molecule has 0 aliphatic carbocycles. The lowest BCUT2D eigenvalue weighted by molar-refractivity contribution is -0.141. The van der Waals surface area contributed by atoms with E-state index in [2.05, 4.69) is 29.6 Å². The van der Waals surface area contributed by atoms with E-state index >= 15 is 0 Å². The van der Waals surface area contributed by atoms with E-state index in [9.17, 15) is 9.59 Å². The van der Waals surface area contributed by atoms with Gasteiger partial charge in [-0.05, 0) is 40.8 Å². The number of carbonyl (C=O) groups excluding carboxylic acids is 2. The van der Waals surface area contributed by atoms with Gasteiger partial charge in [0.05, 0.1) is 0 Å².